The van der Waals surface area contributed by atoms with Crippen LogP contribution in [0, 0.1) is 18.3 Å². The van der Waals surface area contributed by atoms with Gasteiger partial charge in [0.25, 0.3) is 0 Å². The fourth-order valence-corrected chi connectivity index (χ4v) is 0.942. The average Bonchev–Trinajstić information content (AvgIpc) is 2.01. The zero-order valence-electron chi connectivity index (χ0n) is 8.41. The van der Waals surface area contributed by atoms with E-state index < -0.39 is 12.0 Å². The van der Waals surface area contributed by atoms with Crippen LogP contribution in [0.2, 0.25) is 0 Å². The summed E-state index contributed by atoms with van der Waals surface area (Å²) in [5.41, 5.74) is 0. The molecule has 4 heteroatoms. The lowest BCUT2D eigenvalue weighted by Gasteiger charge is -2.12. The Morgan fingerprint density at radius 3 is 2.43 bits per heavy atom. The van der Waals surface area contributed by atoms with E-state index in [9.17, 15) is 9.59 Å². The number of carbonyl (C=O) groups excluding carboxylic acids is 1. The van der Waals surface area contributed by atoms with Crippen LogP contribution < -0.4 is 5.32 Å². The molecule has 78 valence electrons. The van der Waals surface area contributed by atoms with E-state index in [0.717, 1.165) is 0 Å². The van der Waals surface area contributed by atoms with Gasteiger partial charge >= 0.3 is 5.97 Å². The van der Waals surface area contributed by atoms with Crippen molar-refractivity contribution >= 4 is 11.9 Å². The van der Waals surface area contributed by atoms with Crippen LogP contribution in [0.5, 0.6) is 0 Å². The second-order valence-corrected chi connectivity index (χ2v) is 3.46. The third-order valence-corrected chi connectivity index (χ3v) is 1.55. The van der Waals surface area contributed by atoms with Crippen LogP contribution >= 0.6 is 0 Å². The number of amides is 1. The predicted octanol–water partition coefficient (Wildman–Crippen LogP) is 0.625. The van der Waals surface area contributed by atoms with Crippen LogP contribution in [-0.2, 0) is 9.59 Å². The summed E-state index contributed by atoms with van der Waals surface area (Å²) in [6.07, 6.45) is 5.31. The second-order valence-electron chi connectivity index (χ2n) is 3.46. The van der Waals surface area contributed by atoms with Gasteiger partial charge in [0.15, 0.2) is 0 Å². The maximum atomic E-state index is 11.2. The molecule has 0 bridgehead atoms. The number of nitrogens with one attached hydrogen (secondary N) is 1. The molecule has 0 aliphatic carbocycles. The molecule has 0 aliphatic heterocycles. The number of aliphatic carboxylic acids is 1. The molecule has 0 fully saturated rings. The van der Waals surface area contributed by atoms with Crippen molar-refractivity contribution < 1.29 is 14.7 Å². The Kier molecular flexibility index (Phi) is 5.38. The molecule has 0 rings (SSSR count). The highest BCUT2D eigenvalue weighted by Gasteiger charge is 2.18. The van der Waals surface area contributed by atoms with Gasteiger partial charge in [0.2, 0.25) is 5.91 Å². The molecule has 0 saturated heterocycles. The summed E-state index contributed by atoms with van der Waals surface area (Å²) in [7, 11) is 0. The number of carboxylic acid groups (broad SMARTS) is 1. The van der Waals surface area contributed by atoms with Crippen LogP contribution in [0.1, 0.15) is 26.7 Å². The molecule has 0 heterocycles. The van der Waals surface area contributed by atoms with Gasteiger partial charge in [0, 0.05) is 12.8 Å². The molecular weight excluding hydrogens is 182 g/mol. The maximum absolute atomic E-state index is 11.2. The Morgan fingerprint density at radius 1 is 1.50 bits per heavy atom. The van der Waals surface area contributed by atoms with Crippen molar-refractivity contribution in [1.82, 2.24) is 5.32 Å². The van der Waals surface area contributed by atoms with Crippen molar-refractivity contribution in [3.63, 3.8) is 0 Å². The Morgan fingerprint density at radius 2 is 2.07 bits per heavy atom. The van der Waals surface area contributed by atoms with E-state index >= 15 is 0 Å². The minimum absolute atomic E-state index is 0.0131. The first-order chi connectivity index (χ1) is 6.47. The largest absolute Gasteiger partial charge is 0.480 e. The lowest BCUT2D eigenvalue weighted by molar-refractivity contribution is -0.141. The van der Waals surface area contributed by atoms with E-state index in [1.807, 2.05) is 13.8 Å². The Bertz CT molecular complexity index is 253. The van der Waals surface area contributed by atoms with Gasteiger partial charge in [0.1, 0.15) is 6.04 Å². The fourth-order valence-electron chi connectivity index (χ4n) is 0.942. The molecule has 1 unspecified atom stereocenters. The minimum Gasteiger partial charge on any atom is -0.480 e. The van der Waals surface area contributed by atoms with Crippen LogP contribution in [0.15, 0.2) is 0 Å². The average molecular weight is 197 g/mol. The van der Waals surface area contributed by atoms with Gasteiger partial charge in [-0.05, 0) is 5.92 Å². The van der Waals surface area contributed by atoms with Crippen molar-refractivity contribution in [3.05, 3.63) is 0 Å². The maximum Gasteiger partial charge on any atom is 0.327 e. The molecule has 0 aromatic rings. The fraction of sp³-hybridized carbons (Fsp3) is 0.600. The molecule has 0 saturated carbocycles. The molecule has 4 nitrogen and oxygen atoms in total. The number of carbonyl (C=O) groups is 2. The first kappa shape index (κ1) is 12.5. The summed E-state index contributed by atoms with van der Waals surface area (Å²) in [5.74, 6) is 1.04. The lowest BCUT2D eigenvalue weighted by Crippen LogP contribution is -2.40. The molecule has 1 amide bonds. The van der Waals surface area contributed by atoms with Gasteiger partial charge in [0.05, 0.1) is 0 Å². The van der Waals surface area contributed by atoms with Gasteiger partial charge in [-0.3, -0.25) is 4.79 Å². The molecule has 0 radical (unpaired) electrons. The Hall–Kier alpha value is -1.50. The van der Waals surface area contributed by atoms with Crippen LogP contribution in [0.3, 0.4) is 0 Å². The zero-order chi connectivity index (χ0) is 11.1. The van der Waals surface area contributed by atoms with Crippen LogP contribution in [0.4, 0.5) is 0 Å². The number of terminal acetylenes is 1. The normalized spacial score (nSPS) is 11.9. The van der Waals surface area contributed by atoms with E-state index in [-0.39, 0.29) is 18.2 Å². The second kappa shape index (κ2) is 6.03. The summed E-state index contributed by atoms with van der Waals surface area (Å²) in [4.78, 5) is 21.8. The first-order valence-corrected chi connectivity index (χ1v) is 4.43. The number of hydrogen-bond acceptors (Lipinski definition) is 2. The van der Waals surface area contributed by atoms with Gasteiger partial charge in [-0.15, -0.1) is 12.3 Å². The highest BCUT2D eigenvalue weighted by Crippen LogP contribution is 2.00. The highest BCUT2D eigenvalue weighted by atomic mass is 16.4. The summed E-state index contributed by atoms with van der Waals surface area (Å²) in [5, 5.41) is 11.0. The third-order valence-electron chi connectivity index (χ3n) is 1.55. The van der Waals surface area contributed by atoms with E-state index in [1.165, 1.54) is 0 Å². The van der Waals surface area contributed by atoms with E-state index in [0.29, 0.717) is 6.42 Å². The van der Waals surface area contributed by atoms with Gasteiger partial charge in [-0.1, -0.05) is 13.8 Å². The van der Waals surface area contributed by atoms with Crippen molar-refractivity contribution in [3.8, 4) is 12.3 Å². The van der Waals surface area contributed by atoms with Crippen molar-refractivity contribution in [2.75, 3.05) is 0 Å². The molecular formula is C10H15NO3. The third kappa shape index (κ3) is 5.20. The van der Waals surface area contributed by atoms with E-state index in [4.69, 9.17) is 11.5 Å². The highest BCUT2D eigenvalue weighted by molar-refractivity contribution is 5.83. The first-order valence-electron chi connectivity index (χ1n) is 4.43. The molecule has 1 atom stereocenters. The molecule has 0 aliphatic rings. The Labute approximate surface area is 83.7 Å². The molecule has 2 N–H and O–H groups in total. The summed E-state index contributed by atoms with van der Waals surface area (Å²) >= 11 is 0. The topological polar surface area (TPSA) is 66.4 Å². The summed E-state index contributed by atoms with van der Waals surface area (Å²) in [6.45, 7) is 3.77. The van der Waals surface area contributed by atoms with Gasteiger partial charge < -0.3 is 10.4 Å². The summed E-state index contributed by atoms with van der Waals surface area (Å²) in [6, 6.07) is -0.966. The monoisotopic (exact) mass is 197 g/mol. The molecule has 0 aromatic carbocycles. The number of hydrogen-bond donors (Lipinski definition) is 2. The van der Waals surface area contributed by atoms with Crippen LogP contribution in [-0.4, -0.2) is 23.0 Å². The molecule has 0 spiro atoms. The Balaban J connectivity index is 4.11. The van der Waals surface area contributed by atoms with Crippen molar-refractivity contribution in [2.24, 2.45) is 5.92 Å². The lowest BCUT2D eigenvalue weighted by atomic mass is 10.1. The molecule has 0 aromatic heterocycles. The van der Waals surface area contributed by atoms with Gasteiger partial charge in [-0.2, -0.15) is 0 Å². The van der Waals surface area contributed by atoms with Gasteiger partial charge in [-0.25, -0.2) is 4.79 Å². The minimum atomic E-state index is -1.10. The van der Waals surface area contributed by atoms with Crippen molar-refractivity contribution in [1.29, 1.82) is 0 Å². The number of carboxylic acids is 1. The van der Waals surface area contributed by atoms with E-state index in [1.54, 1.807) is 0 Å². The van der Waals surface area contributed by atoms with Crippen LogP contribution in [0.25, 0.3) is 0 Å². The zero-order valence-corrected chi connectivity index (χ0v) is 8.41. The quantitative estimate of drug-likeness (QED) is 0.635. The number of rotatable bonds is 5. The smallest absolute Gasteiger partial charge is 0.327 e. The van der Waals surface area contributed by atoms with Crippen molar-refractivity contribution in [2.45, 2.75) is 32.7 Å². The van der Waals surface area contributed by atoms with E-state index in [2.05, 4.69) is 11.2 Å². The predicted molar refractivity (Wildman–Crippen MR) is 52.5 cm³/mol. The SMILES string of the molecule is C#CCC(NC(=O)CC(C)C)C(=O)O. The molecule has 14 heavy (non-hydrogen) atoms. The standard InChI is InChI=1S/C10H15NO3/c1-4-5-8(10(13)14)11-9(12)6-7(2)3/h1,7-8H,5-6H2,2-3H3,(H,11,12)(H,13,14). The summed E-state index contributed by atoms with van der Waals surface area (Å²) < 4.78 is 0.